The van der Waals surface area contributed by atoms with Crippen LogP contribution in [0.15, 0.2) is 42.7 Å². The first kappa shape index (κ1) is 16.0. The largest absolute Gasteiger partial charge is 0.411 e. The van der Waals surface area contributed by atoms with E-state index < -0.39 is 25.3 Å². The van der Waals surface area contributed by atoms with E-state index in [9.17, 15) is 18.0 Å². The Hall–Kier alpha value is -2.35. The average molecular weight is 313 g/mol. The van der Waals surface area contributed by atoms with Crippen LogP contribution < -0.4 is 5.32 Å². The number of carbonyl (C=O) groups excluding carboxylic acids is 1. The molecule has 1 N–H and O–H groups in total. The first-order valence-electron chi connectivity index (χ1n) is 6.43. The molecule has 0 aliphatic heterocycles. The predicted octanol–water partition coefficient (Wildman–Crippen LogP) is 2.45. The molecular formula is C14H14F3N3O2. The molecule has 0 spiro atoms. The second-order valence-corrected chi connectivity index (χ2v) is 4.56. The van der Waals surface area contributed by atoms with Crippen LogP contribution in [0.2, 0.25) is 0 Å². The van der Waals surface area contributed by atoms with Crippen molar-refractivity contribution in [3.8, 4) is 0 Å². The van der Waals surface area contributed by atoms with E-state index >= 15 is 0 Å². The van der Waals surface area contributed by atoms with Gasteiger partial charge in [-0.25, -0.2) is 0 Å². The zero-order valence-electron chi connectivity index (χ0n) is 11.5. The molecule has 0 atom stereocenters. The fraction of sp³-hybridized carbons (Fsp3) is 0.286. The molecule has 118 valence electrons. The van der Waals surface area contributed by atoms with Gasteiger partial charge in [0.25, 0.3) is 0 Å². The molecule has 0 aliphatic carbocycles. The zero-order valence-corrected chi connectivity index (χ0v) is 11.5. The average Bonchev–Trinajstić information content (AvgIpc) is 2.92. The highest BCUT2D eigenvalue weighted by molar-refractivity contribution is 5.91. The predicted molar refractivity (Wildman–Crippen MR) is 73.3 cm³/mol. The second-order valence-electron chi connectivity index (χ2n) is 4.56. The number of anilines is 1. The minimum atomic E-state index is -4.44. The molecule has 22 heavy (non-hydrogen) atoms. The molecule has 1 aromatic carbocycles. The van der Waals surface area contributed by atoms with Gasteiger partial charge in [-0.15, -0.1) is 0 Å². The summed E-state index contributed by atoms with van der Waals surface area (Å²) in [6, 6.07) is 8.75. The molecule has 0 radical (unpaired) electrons. The Labute approximate surface area is 124 Å². The fourth-order valence-electron chi connectivity index (χ4n) is 1.73. The number of alkyl halides is 3. The first-order chi connectivity index (χ1) is 10.4. The molecule has 0 fully saturated rings. The lowest BCUT2D eigenvalue weighted by Gasteiger charge is -2.09. The van der Waals surface area contributed by atoms with Crippen molar-refractivity contribution in [1.29, 1.82) is 0 Å². The number of aromatic nitrogens is 2. The molecule has 0 saturated carbocycles. The lowest BCUT2D eigenvalue weighted by atomic mass is 10.2. The minimum absolute atomic E-state index is 0.491. The molecular weight excluding hydrogens is 299 g/mol. The summed E-state index contributed by atoms with van der Waals surface area (Å²) in [7, 11) is 0. The molecule has 0 unspecified atom stereocenters. The van der Waals surface area contributed by atoms with Crippen molar-refractivity contribution in [3.63, 3.8) is 0 Å². The van der Waals surface area contributed by atoms with Gasteiger partial charge in [0.1, 0.15) is 13.2 Å². The van der Waals surface area contributed by atoms with Crippen molar-refractivity contribution in [2.75, 3.05) is 18.5 Å². The fourth-order valence-corrected chi connectivity index (χ4v) is 1.73. The quantitative estimate of drug-likeness (QED) is 0.891. The highest BCUT2D eigenvalue weighted by Gasteiger charge is 2.27. The van der Waals surface area contributed by atoms with Crippen molar-refractivity contribution < 1.29 is 22.7 Å². The summed E-state index contributed by atoms with van der Waals surface area (Å²) in [5, 5.41) is 6.53. The number of amides is 1. The second kappa shape index (κ2) is 7.08. The van der Waals surface area contributed by atoms with Gasteiger partial charge in [-0.05, 0) is 23.8 Å². The molecule has 2 aromatic rings. The number of ether oxygens (including phenoxy) is 1. The topological polar surface area (TPSA) is 56.1 Å². The summed E-state index contributed by atoms with van der Waals surface area (Å²) in [6.07, 6.45) is -0.933. The summed E-state index contributed by atoms with van der Waals surface area (Å²) >= 11 is 0. The Morgan fingerprint density at radius 2 is 2.00 bits per heavy atom. The SMILES string of the molecule is O=C(COCC(F)(F)F)Nc1ccc(Cn2cccn2)cc1. The standard InChI is InChI=1S/C14H14F3N3O2/c15-14(16,17)10-22-9-13(21)19-12-4-2-11(3-5-12)8-20-7-1-6-18-20/h1-7H,8-10H2,(H,19,21). The third kappa shape index (κ3) is 5.57. The van der Waals surface area contributed by atoms with Gasteiger partial charge in [0.15, 0.2) is 0 Å². The highest BCUT2D eigenvalue weighted by atomic mass is 19.4. The first-order valence-corrected chi connectivity index (χ1v) is 6.43. The van der Waals surface area contributed by atoms with E-state index in [2.05, 4.69) is 15.2 Å². The van der Waals surface area contributed by atoms with Gasteiger partial charge in [-0.2, -0.15) is 18.3 Å². The van der Waals surface area contributed by atoms with Crippen LogP contribution in [0.4, 0.5) is 18.9 Å². The number of rotatable bonds is 6. The summed E-state index contributed by atoms with van der Waals surface area (Å²) in [4.78, 5) is 11.4. The Balaban J connectivity index is 1.79. The van der Waals surface area contributed by atoms with E-state index in [1.165, 1.54) is 0 Å². The number of hydrogen-bond donors (Lipinski definition) is 1. The van der Waals surface area contributed by atoms with Crippen LogP contribution in [0, 0.1) is 0 Å². The van der Waals surface area contributed by atoms with Crippen LogP contribution in [-0.4, -0.2) is 35.1 Å². The maximum atomic E-state index is 11.9. The van der Waals surface area contributed by atoms with E-state index in [0.717, 1.165) is 5.56 Å². The van der Waals surface area contributed by atoms with Gasteiger partial charge in [0.2, 0.25) is 5.91 Å². The van der Waals surface area contributed by atoms with Gasteiger partial charge in [0.05, 0.1) is 6.54 Å². The third-order valence-corrected chi connectivity index (χ3v) is 2.64. The summed E-state index contributed by atoms with van der Waals surface area (Å²) < 4.78 is 41.6. The van der Waals surface area contributed by atoms with Gasteiger partial charge >= 0.3 is 6.18 Å². The number of benzene rings is 1. The maximum Gasteiger partial charge on any atom is 0.411 e. The van der Waals surface area contributed by atoms with Gasteiger partial charge in [0, 0.05) is 18.1 Å². The molecule has 5 nitrogen and oxygen atoms in total. The number of nitrogens with one attached hydrogen (secondary N) is 1. The van der Waals surface area contributed by atoms with E-state index in [4.69, 9.17) is 0 Å². The molecule has 8 heteroatoms. The number of carbonyl (C=O) groups is 1. The molecule has 0 aliphatic rings. The van der Waals surface area contributed by atoms with Crippen LogP contribution in [0.3, 0.4) is 0 Å². The highest BCUT2D eigenvalue weighted by Crippen LogP contribution is 2.14. The molecule has 0 bridgehead atoms. The molecule has 2 rings (SSSR count). The normalized spacial score (nSPS) is 11.4. The molecule has 1 heterocycles. The minimum Gasteiger partial charge on any atom is -0.362 e. The number of halogens is 3. The Bertz CT molecular complexity index is 595. The van der Waals surface area contributed by atoms with Gasteiger partial charge in [-0.3, -0.25) is 9.48 Å². The van der Waals surface area contributed by atoms with E-state index in [1.54, 1.807) is 35.1 Å². The van der Waals surface area contributed by atoms with Crippen LogP contribution in [0.1, 0.15) is 5.56 Å². The van der Waals surface area contributed by atoms with E-state index in [1.807, 2.05) is 12.3 Å². The van der Waals surface area contributed by atoms with Crippen molar-refractivity contribution in [1.82, 2.24) is 9.78 Å². The molecule has 1 amide bonds. The zero-order chi connectivity index (χ0) is 16.0. The lowest BCUT2D eigenvalue weighted by molar-refractivity contribution is -0.174. The van der Waals surface area contributed by atoms with Crippen molar-refractivity contribution in [3.05, 3.63) is 48.3 Å². The van der Waals surface area contributed by atoms with E-state index in [-0.39, 0.29) is 0 Å². The molecule has 1 aromatic heterocycles. The lowest BCUT2D eigenvalue weighted by Crippen LogP contribution is -2.23. The monoisotopic (exact) mass is 313 g/mol. The van der Waals surface area contributed by atoms with Crippen LogP contribution in [0.5, 0.6) is 0 Å². The Morgan fingerprint density at radius 1 is 1.27 bits per heavy atom. The van der Waals surface area contributed by atoms with Crippen LogP contribution in [0.25, 0.3) is 0 Å². The smallest absolute Gasteiger partial charge is 0.362 e. The van der Waals surface area contributed by atoms with Crippen LogP contribution in [-0.2, 0) is 16.1 Å². The number of nitrogens with zero attached hydrogens (tertiary/aromatic N) is 2. The van der Waals surface area contributed by atoms with Crippen molar-refractivity contribution in [2.45, 2.75) is 12.7 Å². The van der Waals surface area contributed by atoms with Gasteiger partial charge in [-0.1, -0.05) is 12.1 Å². The number of hydrogen-bond acceptors (Lipinski definition) is 3. The van der Waals surface area contributed by atoms with E-state index in [0.29, 0.717) is 12.2 Å². The summed E-state index contributed by atoms with van der Waals surface area (Å²) in [5.41, 5.74) is 1.47. The summed E-state index contributed by atoms with van der Waals surface area (Å²) in [5.74, 6) is -0.635. The van der Waals surface area contributed by atoms with Crippen LogP contribution >= 0.6 is 0 Å². The Morgan fingerprint density at radius 3 is 2.59 bits per heavy atom. The maximum absolute atomic E-state index is 11.9. The molecule has 0 saturated heterocycles. The third-order valence-electron chi connectivity index (χ3n) is 2.64. The Kier molecular flexibility index (Phi) is 5.16. The van der Waals surface area contributed by atoms with Gasteiger partial charge < -0.3 is 10.1 Å². The summed E-state index contributed by atoms with van der Waals surface area (Å²) in [6.45, 7) is -1.49. The van der Waals surface area contributed by atoms with Crippen molar-refractivity contribution >= 4 is 11.6 Å². The van der Waals surface area contributed by atoms with Crippen molar-refractivity contribution in [2.24, 2.45) is 0 Å².